The molecule has 1 N–H and O–H groups in total. The Labute approximate surface area is 163 Å². The minimum atomic E-state index is 0.0351. The van der Waals surface area contributed by atoms with Crippen molar-refractivity contribution in [2.45, 2.75) is 0 Å². The molecule has 0 unspecified atom stereocenters. The van der Waals surface area contributed by atoms with E-state index in [-0.39, 0.29) is 5.91 Å². The molecule has 7 nitrogen and oxygen atoms in total. The lowest BCUT2D eigenvalue weighted by molar-refractivity contribution is 0.0666. The molecule has 0 saturated carbocycles. The Morgan fingerprint density at radius 2 is 1.86 bits per heavy atom. The molecule has 0 aliphatic carbocycles. The minimum Gasteiger partial charge on any atom is -0.336 e. The molecule has 1 aliphatic heterocycles. The maximum Gasteiger partial charge on any atom is 0.254 e. The number of fused-ring (bicyclic) bond motifs is 1. The maximum absolute atomic E-state index is 13.2. The van der Waals surface area contributed by atoms with Crippen molar-refractivity contribution >= 4 is 28.8 Å². The number of hydrogen-bond acceptors (Lipinski definition) is 6. The van der Waals surface area contributed by atoms with Gasteiger partial charge in [-0.25, -0.2) is 4.98 Å². The molecule has 0 atom stereocenters. The number of hydrazone groups is 1. The Bertz CT molecular complexity index is 996. The summed E-state index contributed by atoms with van der Waals surface area (Å²) in [6, 6.07) is 13.2. The number of pyridine rings is 2. The first kappa shape index (κ1) is 18.1. The Balaban J connectivity index is 1.62. The predicted octanol–water partition coefficient (Wildman–Crippen LogP) is 2.46. The molecule has 28 heavy (non-hydrogen) atoms. The molecule has 3 aromatic rings. The van der Waals surface area contributed by atoms with Gasteiger partial charge in [0.25, 0.3) is 5.91 Å². The molecule has 1 fully saturated rings. The van der Waals surface area contributed by atoms with Gasteiger partial charge in [0.2, 0.25) is 0 Å². The van der Waals surface area contributed by atoms with E-state index in [2.05, 4.69) is 32.4 Å². The fourth-order valence-corrected chi connectivity index (χ4v) is 3.21. The molecule has 7 heteroatoms. The first-order valence-corrected chi connectivity index (χ1v) is 9.27. The first-order chi connectivity index (χ1) is 13.7. The molecule has 1 amide bonds. The summed E-state index contributed by atoms with van der Waals surface area (Å²) in [6.45, 7) is 3.23. The van der Waals surface area contributed by atoms with Crippen molar-refractivity contribution in [3.8, 4) is 0 Å². The van der Waals surface area contributed by atoms with Crippen LogP contribution in [-0.4, -0.2) is 65.1 Å². The van der Waals surface area contributed by atoms with Crippen molar-refractivity contribution in [2.75, 3.05) is 38.7 Å². The number of nitrogens with zero attached hydrogens (tertiary/aromatic N) is 5. The molecular formula is C21H22N6O. The SMILES string of the molecule is CN1CCN(C(=O)c2cc(N/N=C/c3ccncc3)nc3ccccc23)CC1. The van der Waals surface area contributed by atoms with Gasteiger partial charge in [-0.1, -0.05) is 18.2 Å². The number of piperazine rings is 1. The van der Waals surface area contributed by atoms with E-state index in [9.17, 15) is 4.79 Å². The summed E-state index contributed by atoms with van der Waals surface area (Å²) in [6.07, 6.45) is 5.12. The van der Waals surface area contributed by atoms with E-state index >= 15 is 0 Å². The summed E-state index contributed by atoms with van der Waals surface area (Å²) in [5, 5.41) is 5.10. The smallest absolute Gasteiger partial charge is 0.254 e. The van der Waals surface area contributed by atoms with Crippen molar-refractivity contribution < 1.29 is 4.79 Å². The zero-order valence-electron chi connectivity index (χ0n) is 15.7. The highest BCUT2D eigenvalue weighted by Gasteiger charge is 2.22. The molecular weight excluding hydrogens is 352 g/mol. The van der Waals surface area contributed by atoms with Gasteiger partial charge in [-0.2, -0.15) is 5.10 Å². The highest BCUT2D eigenvalue weighted by atomic mass is 16.2. The summed E-state index contributed by atoms with van der Waals surface area (Å²) < 4.78 is 0. The van der Waals surface area contributed by atoms with Gasteiger partial charge in [-0.3, -0.25) is 15.2 Å². The van der Waals surface area contributed by atoms with E-state index in [1.807, 2.05) is 41.3 Å². The Morgan fingerprint density at radius 3 is 2.64 bits per heavy atom. The molecule has 0 bridgehead atoms. The highest BCUT2D eigenvalue weighted by molar-refractivity contribution is 6.07. The van der Waals surface area contributed by atoms with Crippen LogP contribution in [0.2, 0.25) is 0 Å². The largest absolute Gasteiger partial charge is 0.336 e. The van der Waals surface area contributed by atoms with Crippen molar-refractivity contribution in [3.05, 3.63) is 66.0 Å². The van der Waals surface area contributed by atoms with Crippen LogP contribution >= 0.6 is 0 Å². The average Bonchev–Trinajstić information content (AvgIpc) is 2.74. The molecule has 2 aromatic heterocycles. The molecule has 3 heterocycles. The van der Waals surface area contributed by atoms with E-state index < -0.39 is 0 Å². The number of anilines is 1. The predicted molar refractivity (Wildman–Crippen MR) is 111 cm³/mol. The zero-order chi connectivity index (χ0) is 19.3. The van der Waals surface area contributed by atoms with E-state index in [4.69, 9.17) is 0 Å². The second kappa shape index (κ2) is 8.14. The summed E-state index contributed by atoms with van der Waals surface area (Å²) in [5.74, 6) is 0.578. The van der Waals surface area contributed by atoms with Gasteiger partial charge in [-0.15, -0.1) is 0 Å². The minimum absolute atomic E-state index is 0.0351. The molecule has 1 aromatic carbocycles. The van der Waals surface area contributed by atoms with Crippen LogP contribution in [0.5, 0.6) is 0 Å². The third kappa shape index (κ3) is 3.99. The monoisotopic (exact) mass is 374 g/mol. The van der Waals surface area contributed by atoms with Crippen LogP contribution in [0.1, 0.15) is 15.9 Å². The van der Waals surface area contributed by atoms with Crippen molar-refractivity contribution in [2.24, 2.45) is 5.10 Å². The van der Waals surface area contributed by atoms with Crippen molar-refractivity contribution in [1.29, 1.82) is 0 Å². The summed E-state index contributed by atoms with van der Waals surface area (Å²) in [7, 11) is 2.08. The number of aromatic nitrogens is 2. The van der Waals surface area contributed by atoms with Gasteiger partial charge in [-0.05, 0) is 36.9 Å². The Hall–Kier alpha value is -3.32. The van der Waals surface area contributed by atoms with Gasteiger partial charge < -0.3 is 9.80 Å². The van der Waals surface area contributed by atoms with Crippen LogP contribution in [0.4, 0.5) is 5.82 Å². The van der Waals surface area contributed by atoms with Crippen LogP contribution in [0.25, 0.3) is 10.9 Å². The van der Waals surface area contributed by atoms with Crippen LogP contribution in [0, 0.1) is 0 Å². The number of para-hydroxylation sites is 1. The Morgan fingerprint density at radius 1 is 1.11 bits per heavy atom. The fraction of sp³-hybridized carbons (Fsp3) is 0.238. The molecule has 0 radical (unpaired) electrons. The lowest BCUT2D eigenvalue weighted by atomic mass is 10.1. The molecule has 0 spiro atoms. The number of amides is 1. The topological polar surface area (TPSA) is 73.7 Å². The Kier molecular flexibility index (Phi) is 5.25. The van der Waals surface area contributed by atoms with Gasteiger partial charge in [0.15, 0.2) is 0 Å². The quantitative estimate of drug-likeness (QED) is 0.561. The summed E-state index contributed by atoms with van der Waals surface area (Å²) >= 11 is 0. The highest BCUT2D eigenvalue weighted by Crippen LogP contribution is 2.23. The fourth-order valence-electron chi connectivity index (χ4n) is 3.21. The molecule has 1 saturated heterocycles. The van der Waals surface area contributed by atoms with Crippen molar-refractivity contribution in [3.63, 3.8) is 0 Å². The first-order valence-electron chi connectivity index (χ1n) is 9.27. The van der Waals surface area contributed by atoms with E-state index in [1.54, 1.807) is 24.7 Å². The van der Waals surface area contributed by atoms with Crippen LogP contribution in [-0.2, 0) is 0 Å². The molecule has 1 aliphatic rings. The number of carbonyl (C=O) groups is 1. The van der Waals surface area contributed by atoms with Crippen LogP contribution < -0.4 is 5.43 Å². The summed E-state index contributed by atoms with van der Waals surface area (Å²) in [4.78, 5) is 25.9. The summed E-state index contributed by atoms with van der Waals surface area (Å²) in [5.41, 5.74) is 5.29. The number of likely N-dealkylation sites (N-methyl/N-ethyl adjacent to an activating group) is 1. The number of carbonyl (C=O) groups excluding carboxylic acids is 1. The van der Waals surface area contributed by atoms with Crippen molar-refractivity contribution in [1.82, 2.24) is 19.8 Å². The van der Waals surface area contributed by atoms with Crippen LogP contribution in [0.3, 0.4) is 0 Å². The lowest BCUT2D eigenvalue weighted by Crippen LogP contribution is -2.47. The number of hydrogen-bond donors (Lipinski definition) is 1. The van der Waals surface area contributed by atoms with Gasteiger partial charge >= 0.3 is 0 Å². The third-order valence-corrected chi connectivity index (χ3v) is 4.84. The maximum atomic E-state index is 13.2. The molecule has 142 valence electrons. The van der Waals surface area contributed by atoms with Gasteiger partial charge in [0, 0.05) is 44.0 Å². The average molecular weight is 374 g/mol. The number of nitrogens with one attached hydrogen (secondary N) is 1. The standard InChI is InChI=1S/C21H22N6O/c1-26-10-12-27(13-11-26)21(28)18-14-20(24-19-5-3-2-4-17(18)19)25-23-15-16-6-8-22-9-7-16/h2-9,14-15H,10-13H2,1H3,(H,24,25)/b23-15+. The van der Waals surface area contributed by atoms with E-state index in [0.29, 0.717) is 11.4 Å². The van der Waals surface area contributed by atoms with Crippen LogP contribution in [0.15, 0.2) is 60.0 Å². The van der Waals surface area contributed by atoms with Gasteiger partial charge in [0.05, 0.1) is 17.3 Å². The normalized spacial score (nSPS) is 15.2. The second-order valence-electron chi connectivity index (χ2n) is 6.82. The van der Waals surface area contributed by atoms with E-state index in [1.165, 1.54) is 0 Å². The third-order valence-electron chi connectivity index (χ3n) is 4.84. The molecule has 4 rings (SSSR count). The van der Waals surface area contributed by atoms with Gasteiger partial charge in [0.1, 0.15) is 5.82 Å². The number of benzene rings is 1. The van der Waals surface area contributed by atoms with E-state index in [0.717, 1.165) is 42.6 Å². The second-order valence-corrected chi connectivity index (χ2v) is 6.82. The number of rotatable bonds is 4. The zero-order valence-corrected chi connectivity index (χ0v) is 15.7. The lowest BCUT2D eigenvalue weighted by Gasteiger charge is -2.32.